The normalized spacial score (nSPS) is 20.8. The molecule has 1 N–H and O–H groups in total. The molecule has 1 unspecified atom stereocenters. The number of epoxide rings is 1. The van der Waals surface area contributed by atoms with E-state index in [0.717, 1.165) is 17.7 Å². The summed E-state index contributed by atoms with van der Waals surface area (Å²) < 4.78 is 10.00. The minimum absolute atomic E-state index is 0.211. The third-order valence-electron chi connectivity index (χ3n) is 2.15. The van der Waals surface area contributed by atoms with Crippen molar-refractivity contribution in [3.63, 3.8) is 0 Å². The number of oxazole rings is 1. The van der Waals surface area contributed by atoms with Gasteiger partial charge in [-0.25, -0.2) is 4.79 Å². The number of ether oxygens (including phenoxy) is 1. The molecule has 1 aliphatic rings. The van der Waals surface area contributed by atoms with Crippen LogP contribution in [0.5, 0.6) is 0 Å². The molecule has 0 bridgehead atoms. The highest BCUT2D eigenvalue weighted by molar-refractivity contribution is 5.72. The lowest BCUT2D eigenvalue weighted by molar-refractivity contribution is 0.416. The van der Waals surface area contributed by atoms with Gasteiger partial charge < -0.3 is 9.15 Å². The Bertz CT molecular complexity index is 507. The van der Waals surface area contributed by atoms with Gasteiger partial charge >= 0.3 is 5.76 Å². The van der Waals surface area contributed by atoms with Gasteiger partial charge in [0.25, 0.3) is 0 Å². The van der Waals surface area contributed by atoms with E-state index >= 15 is 0 Å². The summed E-state index contributed by atoms with van der Waals surface area (Å²) in [5, 5.41) is 0. The number of rotatable bonds is 1. The van der Waals surface area contributed by atoms with Crippen molar-refractivity contribution in [2.24, 2.45) is 0 Å². The Balaban J connectivity index is 2.25. The first-order valence-electron chi connectivity index (χ1n) is 4.07. The first-order chi connectivity index (χ1) is 6.33. The average molecular weight is 177 g/mol. The Kier molecular flexibility index (Phi) is 1.19. The molecule has 2 aromatic rings. The minimum Gasteiger partial charge on any atom is -0.408 e. The second-order valence-corrected chi connectivity index (χ2v) is 3.09. The molecule has 0 saturated carbocycles. The number of nitrogens with one attached hydrogen (secondary N) is 1. The molecule has 13 heavy (non-hydrogen) atoms. The molecular formula is C9H7NO3. The number of hydrogen-bond acceptors (Lipinski definition) is 3. The molecule has 0 amide bonds. The number of aromatic nitrogens is 1. The van der Waals surface area contributed by atoms with Gasteiger partial charge in [-0.2, -0.15) is 0 Å². The van der Waals surface area contributed by atoms with E-state index in [2.05, 4.69) is 4.98 Å². The van der Waals surface area contributed by atoms with Crippen LogP contribution in [0.1, 0.15) is 11.7 Å². The summed E-state index contributed by atoms with van der Waals surface area (Å²) >= 11 is 0. The number of H-pyrrole nitrogens is 1. The number of aromatic amines is 1. The van der Waals surface area contributed by atoms with Crippen LogP contribution in [-0.4, -0.2) is 11.6 Å². The molecule has 0 aliphatic carbocycles. The zero-order chi connectivity index (χ0) is 8.84. The predicted octanol–water partition coefficient (Wildman–Crippen LogP) is 1.19. The first-order valence-corrected chi connectivity index (χ1v) is 4.07. The Hall–Kier alpha value is -1.55. The van der Waals surface area contributed by atoms with Crippen LogP contribution in [0.2, 0.25) is 0 Å². The summed E-state index contributed by atoms with van der Waals surface area (Å²) in [6.45, 7) is 0.771. The van der Waals surface area contributed by atoms with Crippen LogP contribution in [0.25, 0.3) is 11.1 Å². The highest BCUT2D eigenvalue weighted by Crippen LogP contribution is 2.30. The Morgan fingerprint density at radius 2 is 2.31 bits per heavy atom. The Morgan fingerprint density at radius 3 is 3.08 bits per heavy atom. The molecule has 1 aromatic carbocycles. The SMILES string of the molecule is O=c1[nH]c2cc(C3CO3)ccc2o1. The molecule has 1 aromatic heterocycles. The lowest BCUT2D eigenvalue weighted by atomic mass is 10.1. The summed E-state index contributed by atoms with van der Waals surface area (Å²) in [5.74, 6) is -0.413. The third-order valence-corrected chi connectivity index (χ3v) is 2.15. The number of hydrogen-bond donors (Lipinski definition) is 1. The second kappa shape index (κ2) is 2.23. The van der Waals surface area contributed by atoms with Gasteiger partial charge in [0.05, 0.1) is 12.1 Å². The summed E-state index contributed by atoms with van der Waals surface area (Å²) in [5.41, 5.74) is 2.41. The van der Waals surface area contributed by atoms with Gasteiger partial charge in [-0.05, 0) is 17.7 Å². The van der Waals surface area contributed by atoms with E-state index in [1.807, 2.05) is 12.1 Å². The maximum atomic E-state index is 10.8. The monoisotopic (exact) mass is 177 g/mol. The van der Waals surface area contributed by atoms with E-state index in [9.17, 15) is 4.79 Å². The molecule has 0 spiro atoms. The summed E-state index contributed by atoms with van der Waals surface area (Å²) in [4.78, 5) is 13.4. The van der Waals surface area contributed by atoms with E-state index in [1.165, 1.54) is 0 Å². The van der Waals surface area contributed by atoms with E-state index in [0.29, 0.717) is 5.58 Å². The molecule has 3 rings (SSSR count). The van der Waals surface area contributed by atoms with Crippen molar-refractivity contribution < 1.29 is 9.15 Å². The van der Waals surface area contributed by atoms with Gasteiger partial charge in [-0.1, -0.05) is 6.07 Å². The van der Waals surface area contributed by atoms with Gasteiger partial charge in [0.15, 0.2) is 5.58 Å². The number of benzene rings is 1. The average Bonchev–Trinajstić information content (AvgIpc) is 2.87. The molecule has 0 radical (unpaired) electrons. The maximum Gasteiger partial charge on any atom is 0.417 e. The van der Waals surface area contributed by atoms with E-state index in [-0.39, 0.29) is 6.10 Å². The van der Waals surface area contributed by atoms with Crippen molar-refractivity contribution in [3.05, 3.63) is 34.3 Å². The van der Waals surface area contributed by atoms with E-state index in [1.54, 1.807) is 6.07 Å². The minimum atomic E-state index is -0.413. The van der Waals surface area contributed by atoms with Gasteiger partial charge in [-0.15, -0.1) is 0 Å². The molecule has 4 heteroatoms. The third kappa shape index (κ3) is 1.07. The molecule has 1 saturated heterocycles. The smallest absolute Gasteiger partial charge is 0.408 e. The van der Waals surface area contributed by atoms with Crippen LogP contribution in [-0.2, 0) is 4.74 Å². The summed E-state index contributed by atoms with van der Waals surface area (Å²) in [6.07, 6.45) is 0.211. The molecule has 1 atom stereocenters. The van der Waals surface area contributed by atoms with Gasteiger partial charge in [0.1, 0.15) is 6.10 Å². The van der Waals surface area contributed by atoms with Crippen molar-refractivity contribution in [2.75, 3.05) is 6.61 Å². The van der Waals surface area contributed by atoms with Crippen LogP contribution in [0.3, 0.4) is 0 Å². The molecular weight excluding hydrogens is 170 g/mol. The molecule has 4 nitrogen and oxygen atoms in total. The van der Waals surface area contributed by atoms with Crippen molar-refractivity contribution >= 4 is 11.1 Å². The van der Waals surface area contributed by atoms with Crippen molar-refractivity contribution in [1.29, 1.82) is 0 Å². The fourth-order valence-corrected chi connectivity index (χ4v) is 1.41. The fraction of sp³-hybridized carbons (Fsp3) is 0.222. The quantitative estimate of drug-likeness (QED) is 0.665. The van der Waals surface area contributed by atoms with Crippen LogP contribution in [0.15, 0.2) is 27.4 Å². The number of fused-ring (bicyclic) bond motifs is 1. The first kappa shape index (κ1) is 6.91. The zero-order valence-electron chi connectivity index (χ0n) is 6.74. The van der Waals surface area contributed by atoms with Crippen molar-refractivity contribution in [1.82, 2.24) is 4.98 Å². The largest absolute Gasteiger partial charge is 0.417 e. The lowest BCUT2D eigenvalue weighted by Crippen LogP contribution is -1.92. The maximum absolute atomic E-state index is 10.8. The standard InChI is InChI=1S/C9H7NO3/c11-9-10-6-3-5(8-4-12-8)1-2-7(6)13-9/h1-3,8H,4H2,(H,10,11). The van der Waals surface area contributed by atoms with Gasteiger partial charge in [0.2, 0.25) is 0 Å². The topological polar surface area (TPSA) is 58.5 Å². The predicted molar refractivity (Wildman–Crippen MR) is 45.5 cm³/mol. The fourth-order valence-electron chi connectivity index (χ4n) is 1.41. The van der Waals surface area contributed by atoms with Crippen LogP contribution < -0.4 is 5.76 Å². The second-order valence-electron chi connectivity index (χ2n) is 3.09. The highest BCUT2D eigenvalue weighted by atomic mass is 16.6. The summed E-state index contributed by atoms with van der Waals surface area (Å²) in [6, 6.07) is 5.58. The van der Waals surface area contributed by atoms with Gasteiger partial charge in [-0.3, -0.25) is 4.98 Å². The zero-order valence-corrected chi connectivity index (χ0v) is 6.74. The Labute approximate surface area is 73.1 Å². The van der Waals surface area contributed by atoms with E-state index < -0.39 is 5.76 Å². The van der Waals surface area contributed by atoms with E-state index in [4.69, 9.17) is 9.15 Å². The Morgan fingerprint density at radius 1 is 1.46 bits per heavy atom. The van der Waals surface area contributed by atoms with Gasteiger partial charge in [0, 0.05) is 0 Å². The molecule has 1 aliphatic heterocycles. The van der Waals surface area contributed by atoms with Crippen LogP contribution >= 0.6 is 0 Å². The molecule has 2 heterocycles. The van der Waals surface area contributed by atoms with Crippen LogP contribution in [0.4, 0.5) is 0 Å². The lowest BCUT2D eigenvalue weighted by Gasteiger charge is -1.92. The highest BCUT2D eigenvalue weighted by Gasteiger charge is 2.24. The van der Waals surface area contributed by atoms with Crippen molar-refractivity contribution in [2.45, 2.75) is 6.10 Å². The molecule has 1 fully saturated rings. The summed E-state index contributed by atoms with van der Waals surface area (Å²) in [7, 11) is 0. The van der Waals surface area contributed by atoms with Crippen molar-refractivity contribution in [3.8, 4) is 0 Å². The molecule has 66 valence electrons. The van der Waals surface area contributed by atoms with Crippen LogP contribution in [0, 0.1) is 0 Å².